The number of hydrogen-bond donors (Lipinski definition) is 0. The zero-order chi connectivity index (χ0) is 16.6. The van der Waals surface area contributed by atoms with Crippen LogP contribution in [0.25, 0.3) is 0 Å². The Labute approximate surface area is 147 Å². The Morgan fingerprint density at radius 3 is 2.83 bits per heavy atom. The molecule has 2 aliphatic heterocycles. The van der Waals surface area contributed by atoms with Gasteiger partial charge in [0.2, 0.25) is 0 Å². The van der Waals surface area contributed by atoms with Crippen LogP contribution in [-0.2, 0) is 4.74 Å². The first-order valence-corrected chi connectivity index (χ1v) is 9.96. The molecule has 5 nitrogen and oxygen atoms in total. The van der Waals surface area contributed by atoms with E-state index in [1.165, 1.54) is 25.7 Å². The van der Waals surface area contributed by atoms with Crippen molar-refractivity contribution in [2.24, 2.45) is 5.92 Å². The first kappa shape index (κ1) is 16.3. The number of aryl methyl sites for hydroxylation is 1. The normalized spacial score (nSPS) is 26.0. The van der Waals surface area contributed by atoms with E-state index in [1.54, 1.807) is 12.4 Å². The lowest BCUT2D eigenvalue weighted by Crippen LogP contribution is -2.60. The van der Waals surface area contributed by atoms with Gasteiger partial charge in [-0.3, -0.25) is 9.78 Å². The summed E-state index contributed by atoms with van der Waals surface area (Å²) in [6, 6.07) is 0. The predicted molar refractivity (Wildman–Crippen MR) is 94.2 cm³/mol. The van der Waals surface area contributed by atoms with Crippen LogP contribution in [0, 0.1) is 12.8 Å². The van der Waals surface area contributed by atoms with E-state index in [0.29, 0.717) is 11.8 Å². The first-order valence-electron chi connectivity index (χ1n) is 8.97. The molecule has 1 aliphatic carbocycles. The van der Waals surface area contributed by atoms with E-state index in [1.807, 2.05) is 23.6 Å². The largest absolute Gasteiger partial charge is 0.377 e. The lowest BCUT2D eigenvalue weighted by molar-refractivity contribution is 0.0195. The number of rotatable bonds is 4. The smallest absolute Gasteiger partial charge is 0.274 e. The standard InChI is InChI=1S/C18H25N3O2S/c1-13-7-20-16(8-19-13)17(22)21-11-18(12-21)6-15(10-24-18)23-9-14-4-2-3-5-14/h7-8,14-15H,2-6,9-12H2,1H3/t15-/m0/s1. The molecule has 3 fully saturated rings. The van der Waals surface area contributed by atoms with Crippen LogP contribution in [-0.4, -0.2) is 57.1 Å². The topological polar surface area (TPSA) is 55.3 Å². The highest BCUT2D eigenvalue weighted by Gasteiger charge is 2.51. The lowest BCUT2D eigenvalue weighted by atomic mass is 9.92. The van der Waals surface area contributed by atoms with Crippen LogP contribution < -0.4 is 0 Å². The maximum Gasteiger partial charge on any atom is 0.274 e. The van der Waals surface area contributed by atoms with Crippen LogP contribution in [0.1, 0.15) is 48.3 Å². The molecule has 1 atom stereocenters. The molecule has 1 saturated carbocycles. The highest BCUT2D eigenvalue weighted by molar-refractivity contribution is 8.01. The summed E-state index contributed by atoms with van der Waals surface area (Å²) in [7, 11) is 0. The molecule has 0 N–H and O–H groups in total. The molecule has 24 heavy (non-hydrogen) atoms. The number of carbonyl (C=O) groups excluding carboxylic acids is 1. The number of carbonyl (C=O) groups is 1. The number of hydrogen-bond acceptors (Lipinski definition) is 5. The average molecular weight is 347 g/mol. The van der Waals surface area contributed by atoms with Gasteiger partial charge >= 0.3 is 0 Å². The molecule has 4 rings (SSSR count). The number of aromatic nitrogens is 2. The van der Waals surface area contributed by atoms with Gasteiger partial charge in [0.1, 0.15) is 5.69 Å². The van der Waals surface area contributed by atoms with E-state index in [-0.39, 0.29) is 10.7 Å². The number of ether oxygens (including phenoxy) is 1. The van der Waals surface area contributed by atoms with Crippen molar-refractivity contribution < 1.29 is 9.53 Å². The van der Waals surface area contributed by atoms with Gasteiger partial charge in [-0.2, -0.15) is 0 Å². The van der Waals surface area contributed by atoms with Crippen molar-refractivity contribution in [3.05, 3.63) is 23.8 Å². The molecule has 1 spiro atoms. The summed E-state index contributed by atoms with van der Waals surface area (Å²) in [6.45, 7) is 4.44. The van der Waals surface area contributed by atoms with Crippen LogP contribution in [0.2, 0.25) is 0 Å². The van der Waals surface area contributed by atoms with Crippen molar-refractivity contribution in [3.63, 3.8) is 0 Å². The monoisotopic (exact) mass is 347 g/mol. The van der Waals surface area contributed by atoms with E-state index in [9.17, 15) is 4.79 Å². The molecule has 0 unspecified atom stereocenters. The van der Waals surface area contributed by atoms with E-state index in [0.717, 1.165) is 43.5 Å². The Hall–Kier alpha value is -1.14. The van der Waals surface area contributed by atoms with Gasteiger partial charge in [-0.1, -0.05) is 12.8 Å². The minimum atomic E-state index is 0.00375. The number of nitrogens with zero attached hydrogens (tertiary/aromatic N) is 3. The SMILES string of the molecule is Cc1cnc(C(=O)N2CC3(C[C@H](OCC4CCCC4)CS3)C2)cn1. The molecule has 0 radical (unpaired) electrons. The van der Waals surface area contributed by atoms with Crippen molar-refractivity contribution >= 4 is 17.7 Å². The third kappa shape index (κ3) is 3.31. The third-order valence-corrected chi connectivity index (χ3v) is 7.04. The molecular weight excluding hydrogens is 322 g/mol. The maximum atomic E-state index is 12.4. The molecule has 6 heteroatoms. The molecule has 2 saturated heterocycles. The van der Waals surface area contributed by atoms with Gasteiger partial charge in [0.05, 0.1) is 22.7 Å². The second-order valence-corrected chi connectivity index (χ2v) is 9.00. The van der Waals surface area contributed by atoms with Gasteiger partial charge < -0.3 is 9.64 Å². The number of thioether (sulfide) groups is 1. The quantitative estimate of drug-likeness (QED) is 0.838. The van der Waals surface area contributed by atoms with Crippen LogP contribution >= 0.6 is 11.8 Å². The second-order valence-electron chi connectivity index (χ2n) is 7.51. The Kier molecular flexibility index (Phi) is 4.52. The summed E-state index contributed by atoms with van der Waals surface area (Å²) >= 11 is 1.99. The van der Waals surface area contributed by atoms with E-state index in [4.69, 9.17) is 4.74 Å². The van der Waals surface area contributed by atoms with Crippen molar-refractivity contribution in [3.8, 4) is 0 Å². The Morgan fingerprint density at radius 1 is 1.33 bits per heavy atom. The second kappa shape index (κ2) is 6.64. The van der Waals surface area contributed by atoms with Crippen molar-refractivity contribution in [1.29, 1.82) is 0 Å². The van der Waals surface area contributed by atoms with E-state index in [2.05, 4.69) is 9.97 Å². The van der Waals surface area contributed by atoms with Crippen molar-refractivity contribution in [2.75, 3.05) is 25.4 Å². The summed E-state index contributed by atoms with van der Waals surface area (Å²) in [5.41, 5.74) is 1.28. The molecule has 1 amide bonds. The summed E-state index contributed by atoms with van der Waals surface area (Å²) in [4.78, 5) is 22.7. The molecule has 130 valence electrons. The summed E-state index contributed by atoms with van der Waals surface area (Å²) in [5.74, 6) is 1.86. The molecule has 1 aromatic heterocycles. The van der Waals surface area contributed by atoms with Crippen molar-refractivity contribution in [1.82, 2.24) is 14.9 Å². The van der Waals surface area contributed by atoms with Crippen molar-refractivity contribution in [2.45, 2.75) is 49.9 Å². The van der Waals surface area contributed by atoms with Crippen LogP contribution in [0.3, 0.4) is 0 Å². The molecule has 3 heterocycles. The molecule has 3 aliphatic rings. The zero-order valence-corrected chi connectivity index (χ0v) is 15.1. The fraction of sp³-hybridized carbons (Fsp3) is 0.722. The summed E-state index contributed by atoms with van der Waals surface area (Å²) in [5, 5.41) is 0. The lowest BCUT2D eigenvalue weighted by Gasteiger charge is -2.47. The molecule has 0 bridgehead atoms. The minimum Gasteiger partial charge on any atom is -0.377 e. The Balaban J connectivity index is 1.26. The van der Waals surface area contributed by atoms with Gasteiger partial charge in [0, 0.05) is 31.6 Å². The average Bonchev–Trinajstić information content (AvgIpc) is 3.21. The highest BCUT2D eigenvalue weighted by Crippen LogP contribution is 2.46. The molecule has 0 aromatic carbocycles. The number of amides is 1. The fourth-order valence-electron chi connectivity index (χ4n) is 4.04. The van der Waals surface area contributed by atoms with Crippen LogP contribution in [0.5, 0.6) is 0 Å². The highest BCUT2D eigenvalue weighted by atomic mass is 32.2. The first-order chi connectivity index (χ1) is 11.6. The summed E-state index contributed by atoms with van der Waals surface area (Å²) in [6.07, 6.45) is 10.1. The van der Waals surface area contributed by atoms with Gasteiger partial charge in [-0.25, -0.2) is 4.98 Å². The summed E-state index contributed by atoms with van der Waals surface area (Å²) < 4.78 is 6.38. The van der Waals surface area contributed by atoms with E-state index < -0.39 is 0 Å². The van der Waals surface area contributed by atoms with Gasteiger partial charge in [-0.05, 0) is 32.1 Å². The van der Waals surface area contributed by atoms with Gasteiger partial charge in [-0.15, -0.1) is 11.8 Å². The van der Waals surface area contributed by atoms with E-state index >= 15 is 0 Å². The molecular formula is C18H25N3O2S. The van der Waals surface area contributed by atoms with Crippen LogP contribution in [0.4, 0.5) is 0 Å². The minimum absolute atomic E-state index is 0.00375. The van der Waals surface area contributed by atoms with Gasteiger partial charge in [0.15, 0.2) is 0 Å². The predicted octanol–water partition coefficient (Wildman–Crippen LogP) is 2.69. The molecule has 1 aromatic rings. The Morgan fingerprint density at radius 2 is 2.12 bits per heavy atom. The zero-order valence-electron chi connectivity index (χ0n) is 14.2. The third-order valence-electron chi connectivity index (χ3n) is 5.46. The van der Waals surface area contributed by atoms with Crippen LogP contribution in [0.15, 0.2) is 12.4 Å². The Bertz CT molecular complexity index is 595. The number of likely N-dealkylation sites (tertiary alicyclic amines) is 1. The fourth-order valence-corrected chi connectivity index (χ4v) is 5.59. The van der Waals surface area contributed by atoms with Gasteiger partial charge in [0.25, 0.3) is 5.91 Å². The maximum absolute atomic E-state index is 12.4.